The maximum atomic E-state index is 11.6. The van der Waals surface area contributed by atoms with Gasteiger partial charge >= 0.3 is 12.1 Å². The Morgan fingerprint density at radius 1 is 1.54 bits per heavy atom. The van der Waals surface area contributed by atoms with Crippen molar-refractivity contribution in [3.63, 3.8) is 0 Å². The molecule has 0 aromatic rings. The number of hydrogen-bond acceptors (Lipinski definition) is 4. The molecular formula is C6H9F3N2O2. The Kier molecular flexibility index (Phi) is 2.77. The number of carbonyl (C=O) groups excluding carboxylic acids is 1. The van der Waals surface area contributed by atoms with E-state index in [9.17, 15) is 18.0 Å². The Bertz CT molecular complexity index is 201. The lowest BCUT2D eigenvalue weighted by Crippen LogP contribution is -2.57. The lowest BCUT2D eigenvalue weighted by Gasteiger charge is -2.36. The lowest BCUT2D eigenvalue weighted by molar-refractivity contribution is -0.253. The fourth-order valence-electron chi connectivity index (χ4n) is 0.864. The van der Waals surface area contributed by atoms with E-state index in [1.165, 1.54) is 0 Å². The highest BCUT2D eigenvalue weighted by atomic mass is 19.4. The number of alkyl halides is 3. The van der Waals surface area contributed by atoms with Crippen LogP contribution in [0.4, 0.5) is 13.2 Å². The SMILES string of the molecule is CNC1CN(OC(=O)C(F)(F)F)C1. The Labute approximate surface area is 72.6 Å². The molecule has 0 radical (unpaired) electrons. The van der Waals surface area contributed by atoms with Crippen molar-refractivity contribution in [1.29, 1.82) is 0 Å². The normalized spacial score (nSPS) is 19.7. The predicted molar refractivity (Wildman–Crippen MR) is 36.6 cm³/mol. The highest BCUT2D eigenvalue weighted by Crippen LogP contribution is 2.19. The zero-order chi connectivity index (χ0) is 10.1. The van der Waals surface area contributed by atoms with E-state index < -0.39 is 12.1 Å². The summed E-state index contributed by atoms with van der Waals surface area (Å²) in [6.07, 6.45) is -4.91. The summed E-state index contributed by atoms with van der Waals surface area (Å²) >= 11 is 0. The van der Waals surface area contributed by atoms with Gasteiger partial charge in [0, 0.05) is 6.04 Å². The molecule has 0 amide bonds. The Morgan fingerprint density at radius 3 is 2.46 bits per heavy atom. The van der Waals surface area contributed by atoms with Gasteiger partial charge < -0.3 is 10.2 Å². The third-order valence-corrected chi connectivity index (χ3v) is 1.70. The molecule has 7 heteroatoms. The summed E-state index contributed by atoms with van der Waals surface area (Å²) in [6, 6.07) is 0.0982. The molecule has 0 aliphatic carbocycles. The van der Waals surface area contributed by atoms with Gasteiger partial charge in [-0.15, -0.1) is 5.06 Å². The van der Waals surface area contributed by atoms with Crippen molar-refractivity contribution >= 4 is 5.97 Å². The van der Waals surface area contributed by atoms with Crippen molar-refractivity contribution in [3.8, 4) is 0 Å². The van der Waals surface area contributed by atoms with Crippen molar-refractivity contribution < 1.29 is 22.8 Å². The Balaban J connectivity index is 2.25. The van der Waals surface area contributed by atoms with E-state index in [1.807, 2.05) is 0 Å². The molecule has 1 rings (SSSR count). The number of nitrogens with one attached hydrogen (secondary N) is 1. The van der Waals surface area contributed by atoms with Gasteiger partial charge in [-0.25, -0.2) is 4.79 Å². The minimum Gasteiger partial charge on any atom is -0.361 e. The topological polar surface area (TPSA) is 41.6 Å². The minimum absolute atomic E-state index is 0.0982. The molecule has 0 bridgehead atoms. The zero-order valence-corrected chi connectivity index (χ0v) is 6.89. The zero-order valence-electron chi connectivity index (χ0n) is 6.89. The first-order chi connectivity index (χ1) is 5.93. The molecule has 0 aromatic heterocycles. The molecule has 1 fully saturated rings. The highest BCUT2D eigenvalue weighted by Gasteiger charge is 2.44. The lowest BCUT2D eigenvalue weighted by atomic mass is 10.2. The molecule has 1 heterocycles. The van der Waals surface area contributed by atoms with Gasteiger partial charge in [0.2, 0.25) is 0 Å². The summed E-state index contributed by atoms with van der Waals surface area (Å²) in [5.74, 6) is -2.16. The van der Waals surface area contributed by atoms with Crippen LogP contribution in [-0.2, 0) is 9.63 Å². The van der Waals surface area contributed by atoms with Crippen LogP contribution in [0, 0.1) is 0 Å². The van der Waals surface area contributed by atoms with Gasteiger partial charge in [0.05, 0.1) is 13.1 Å². The number of likely N-dealkylation sites (N-methyl/N-ethyl adjacent to an activating group) is 1. The van der Waals surface area contributed by atoms with Gasteiger partial charge in [0.15, 0.2) is 0 Å². The molecule has 1 aliphatic rings. The quantitative estimate of drug-likeness (QED) is 0.673. The van der Waals surface area contributed by atoms with E-state index in [4.69, 9.17) is 0 Å². The van der Waals surface area contributed by atoms with Gasteiger partial charge in [-0.1, -0.05) is 0 Å². The van der Waals surface area contributed by atoms with Crippen molar-refractivity contribution in [2.45, 2.75) is 12.2 Å². The largest absolute Gasteiger partial charge is 0.492 e. The summed E-state index contributed by atoms with van der Waals surface area (Å²) < 4.78 is 34.9. The van der Waals surface area contributed by atoms with E-state index in [1.54, 1.807) is 7.05 Å². The van der Waals surface area contributed by atoms with Crippen molar-refractivity contribution in [2.75, 3.05) is 20.1 Å². The number of hydroxylamine groups is 2. The molecule has 0 atom stereocenters. The molecule has 1 N–H and O–H groups in total. The second kappa shape index (κ2) is 3.51. The number of hydrogen-bond donors (Lipinski definition) is 1. The minimum atomic E-state index is -4.91. The van der Waals surface area contributed by atoms with E-state index in [0.29, 0.717) is 13.1 Å². The van der Waals surface area contributed by atoms with E-state index in [0.717, 1.165) is 5.06 Å². The van der Waals surface area contributed by atoms with Crippen LogP contribution in [0.2, 0.25) is 0 Å². The molecule has 0 unspecified atom stereocenters. The first-order valence-electron chi connectivity index (χ1n) is 3.65. The fraction of sp³-hybridized carbons (Fsp3) is 0.833. The van der Waals surface area contributed by atoms with E-state index in [2.05, 4.69) is 10.2 Å². The van der Waals surface area contributed by atoms with Crippen molar-refractivity contribution in [2.24, 2.45) is 0 Å². The number of carbonyl (C=O) groups is 1. The van der Waals surface area contributed by atoms with E-state index >= 15 is 0 Å². The highest BCUT2D eigenvalue weighted by molar-refractivity contribution is 5.75. The van der Waals surface area contributed by atoms with Gasteiger partial charge in [0.1, 0.15) is 0 Å². The average Bonchev–Trinajstić information content (AvgIpc) is 1.93. The Morgan fingerprint density at radius 2 is 2.08 bits per heavy atom. The predicted octanol–water partition coefficient (Wildman–Crippen LogP) is -0.0895. The molecule has 4 nitrogen and oxygen atoms in total. The fourth-order valence-corrected chi connectivity index (χ4v) is 0.864. The molecule has 13 heavy (non-hydrogen) atoms. The summed E-state index contributed by atoms with van der Waals surface area (Å²) in [6.45, 7) is 0.580. The first kappa shape index (κ1) is 10.3. The van der Waals surface area contributed by atoms with E-state index in [-0.39, 0.29) is 6.04 Å². The summed E-state index contributed by atoms with van der Waals surface area (Å²) in [5.41, 5.74) is 0. The summed E-state index contributed by atoms with van der Waals surface area (Å²) in [7, 11) is 1.69. The molecule has 0 aromatic carbocycles. The third kappa shape index (κ3) is 2.56. The molecule has 1 aliphatic heterocycles. The molecule has 0 saturated carbocycles. The van der Waals surface area contributed by atoms with Gasteiger partial charge in [-0.2, -0.15) is 13.2 Å². The first-order valence-corrected chi connectivity index (χ1v) is 3.65. The Hall–Kier alpha value is -0.820. The van der Waals surface area contributed by atoms with Gasteiger partial charge in [-0.3, -0.25) is 0 Å². The van der Waals surface area contributed by atoms with Crippen LogP contribution in [0.1, 0.15) is 0 Å². The number of nitrogens with zero attached hydrogens (tertiary/aromatic N) is 1. The van der Waals surface area contributed by atoms with Crippen LogP contribution in [-0.4, -0.2) is 43.4 Å². The summed E-state index contributed by atoms with van der Waals surface area (Å²) in [5, 5.41) is 3.80. The molecular weight excluding hydrogens is 189 g/mol. The molecule has 0 spiro atoms. The number of rotatable bonds is 2. The van der Waals surface area contributed by atoms with Crippen LogP contribution in [0.25, 0.3) is 0 Å². The standard InChI is InChI=1S/C6H9F3N2O2/c1-10-4-2-11(3-4)13-5(12)6(7,8)9/h4,10H,2-3H2,1H3. The average molecular weight is 198 g/mol. The summed E-state index contributed by atoms with van der Waals surface area (Å²) in [4.78, 5) is 14.3. The monoisotopic (exact) mass is 198 g/mol. The van der Waals surface area contributed by atoms with Gasteiger partial charge in [0.25, 0.3) is 0 Å². The van der Waals surface area contributed by atoms with Crippen LogP contribution >= 0.6 is 0 Å². The van der Waals surface area contributed by atoms with Crippen LogP contribution < -0.4 is 5.32 Å². The molecule has 76 valence electrons. The number of halogens is 3. The van der Waals surface area contributed by atoms with Crippen molar-refractivity contribution in [1.82, 2.24) is 10.4 Å². The van der Waals surface area contributed by atoms with Gasteiger partial charge in [-0.05, 0) is 7.05 Å². The second-order valence-corrected chi connectivity index (χ2v) is 2.71. The van der Waals surface area contributed by atoms with Crippen molar-refractivity contribution in [3.05, 3.63) is 0 Å². The smallest absolute Gasteiger partial charge is 0.361 e. The third-order valence-electron chi connectivity index (χ3n) is 1.70. The maximum Gasteiger partial charge on any atom is 0.492 e. The van der Waals surface area contributed by atoms with Crippen LogP contribution in [0.3, 0.4) is 0 Å². The second-order valence-electron chi connectivity index (χ2n) is 2.71. The molecule has 1 saturated heterocycles. The van der Waals surface area contributed by atoms with Crippen LogP contribution in [0.15, 0.2) is 0 Å². The maximum absolute atomic E-state index is 11.6. The van der Waals surface area contributed by atoms with Crippen LogP contribution in [0.5, 0.6) is 0 Å².